The van der Waals surface area contributed by atoms with Crippen LogP contribution in [0.4, 0.5) is 0 Å². The average Bonchev–Trinajstić information content (AvgIpc) is 2.83. The summed E-state index contributed by atoms with van der Waals surface area (Å²) in [5, 5.41) is 25.8. The van der Waals surface area contributed by atoms with Crippen molar-refractivity contribution in [2.45, 2.75) is 19.6 Å². The summed E-state index contributed by atoms with van der Waals surface area (Å²) in [7, 11) is 1.74. The van der Waals surface area contributed by atoms with E-state index in [1.165, 1.54) is 4.68 Å². The van der Waals surface area contributed by atoms with Gasteiger partial charge in [0, 0.05) is 19.4 Å². The number of aromatic carboxylic acids is 1. The van der Waals surface area contributed by atoms with Gasteiger partial charge in [-0.3, -0.25) is 0 Å². The number of nitrogens with zero attached hydrogens (tertiary/aromatic N) is 5. The lowest BCUT2D eigenvalue weighted by Crippen LogP contribution is -2.15. The summed E-state index contributed by atoms with van der Waals surface area (Å²) in [6.07, 6.45) is 2.59. The van der Waals surface area contributed by atoms with E-state index in [9.17, 15) is 9.90 Å². The molecular weight excluding hydrogens is 238 g/mol. The molecule has 2 aromatic rings. The van der Waals surface area contributed by atoms with Gasteiger partial charge in [-0.25, -0.2) is 14.5 Å². The second kappa shape index (κ2) is 4.57. The van der Waals surface area contributed by atoms with E-state index in [4.69, 9.17) is 5.11 Å². The minimum Gasteiger partial charge on any atom is -0.476 e. The number of aliphatic hydroxyl groups is 1. The summed E-state index contributed by atoms with van der Waals surface area (Å²) in [4.78, 5) is 15.2. The van der Waals surface area contributed by atoms with Gasteiger partial charge in [-0.2, -0.15) is 0 Å². The maximum absolute atomic E-state index is 11.1. The van der Waals surface area contributed by atoms with Gasteiger partial charge in [-0.15, -0.1) is 5.10 Å². The Hall–Kier alpha value is -2.22. The fourth-order valence-electron chi connectivity index (χ4n) is 1.65. The highest BCUT2D eigenvalue weighted by Crippen LogP contribution is 2.20. The van der Waals surface area contributed by atoms with Gasteiger partial charge in [-0.05, 0) is 6.92 Å². The lowest BCUT2D eigenvalue weighted by molar-refractivity contribution is 0.0691. The van der Waals surface area contributed by atoms with Gasteiger partial charge in [0.15, 0.2) is 5.82 Å². The van der Waals surface area contributed by atoms with Crippen LogP contribution in [-0.2, 0) is 13.6 Å². The Morgan fingerprint density at radius 2 is 2.28 bits per heavy atom. The third kappa shape index (κ3) is 2.09. The van der Waals surface area contributed by atoms with E-state index in [1.54, 1.807) is 30.9 Å². The summed E-state index contributed by atoms with van der Waals surface area (Å²) < 4.78 is 3.01. The number of carbonyl (C=O) groups is 1. The number of carboxylic acids is 1. The molecule has 0 amide bonds. The highest BCUT2D eigenvalue weighted by atomic mass is 16.4. The van der Waals surface area contributed by atoms with Crippen LogP contribution in [0, 0.1) is 0 Å². The third-order valence-corrected chi connectivity index (χ3v) is 2.41. The predicted molar refractivity (Wildman–Crippen MR) is 60.9 cm³/mol. The van der Waals surface area contributed by atoms with Crippen molar-refractivity contribution in [2.75, 3.05) is 0 Å². The maximum Gasteiger partial charge on any atom is 0.358 e. The minimum atomic E-state index is -1.18. The lowest BCUT2D eigenvalue weighted by Gasteiger charge is -2.08. The van der Waals surface area contributed by atoms with Crippen LogP contribution in [0.25, 0.3) is 11.5 Å². The van der Waals surface area contributed by atoms with E-state index in [2.05, 4.69) is 15.3 Å². The van der Waals surface area contributed by atoms with Crippen LogP contribution < -0.4 is 0 Å². The van der Waals surface area contributed by atoms with Crippen LogP contribution >= 0.6 is 0 Å². The Morgan fingerprint density at radius 3 is 2.78 bits per heavy atom. The molecule has 2 rings (SSSR count). The summed E-state index contributed by atoms with van der Waals surface area (Å²) >= 11 is 0. The molecule has 18 heavy (non-hydrogen) atoms. The molecule has 0 bridgehead atoms. The smallest absolute Gasteiger partial charge is 0.358 e. The molecule has 0 aliphatic carbocycles. The first-order chi connectivity index (χ1) is 8.50. The normalized spacial score (nSPS) is 12.6. The molecule has 1 unspecified atom stereocenters. The molecular formula is C10H13N5O3. The predicted octanol–water partition coefficient (Wildman–Crippen LogP) is -0.242. The summed E-state index contributed by atoms with van der Waals surface area (Å²) in [6.45, 7) is 1.74. The number of hydrogen-bond donors (Lipinski definition) is 2. The van der Waals surface area contributed by atoms with Crippen molar-refractivity contribution in [3.8, 4) is 11.5 Å². The molecule has 0 aromatic carbocycles. The summed E-state index contributed by atoms with van der Waals surface area (Å²) in [5.74, 6) is -0.733. The van der Waals surface area contributed by atoms with Gasteiger partial charge in [0.25, 0.3) is 0 Å². The summed E-state index contributed by atoms with van der Waals surface area (Å²) in [5.41, 5.74) is 0.112. The standard InChI is InChI=1S/C10H13N5O3/c1-6(16)5-15-8(7(10(17)18)12-13-15)9-11-3-4-14(9)2/h3-4,6,16H,5H2,1-2H3,(H,17,18). The van der Waals surface area contributed by atoms with Gasteiger partial charge in [0.2, 0.25) is 5.69 Å². The highest BCUT2D eigenvalue weighted by molar-refractivity contribution is 5.91. The molecule has 0 aliphatic heterocycles. The molecule has 2 aromatic heterocycles. The number of carboxylic acid groups (broad SMARTS) is 1. The largest absolute Gasteiger partial charge is 0.476 e. The molecule has 8 heteroatoms. The molecule has 0 aliphatic rings. The Kier molecular flexibility index (Phi) is 3.11. The molecule has 1 atom stereocenters. The van der Waals surface area contributed by atoms with Crippen molar-refractivity contribution in [3.63, 3.8) is 0 Å². The van der Waals surface area contributed by atoms with Crippen LogP contribution in [0.5, 0.6) is 0 Å². The Labute approximate surface area is 102 Å². The molecule has 96 valence electrons. The lowest BCUT2D eigenvalue weighted by atomic mass is 10.3. The van der Waals surface area contributed by atoms with Crippen molar-refractivity contribution < 1.29 is 15.0 Å². The van der Waals surface area contributed by atoms with Gasteiger partial charge in [0.05, 0.1) is 12.6 Å². The van der Waals surface area contributed by atoms with Crippen molar-refractivity contribution in [2.24, 2.45) is 7.05 Å². The molecule has 0 saturated heterocycles. The highest BCUT2D eigenvalue weighted by Gasteiger charge is 2.23. The Bertz CT molecular complexity index is 572. The molecule has 0 saturated carbocycles. The molecule has 0 radical (unpaired) electrons. The maximum atomic E-state index is 11.1. The van der Waals surface area contributed by atoms with E-state index in [-0.39, 0.29) is 17.9 Å². The second-order valence-electron chi connectivity index (χ2n) is 3.98. The first kappa shape index (κ1) is 12.2. The first-order valence-electron chi connectivity index (χ1n) is 5.33. The van der Waals surface area contributed by atoms with Gasteiger partial charge in [0.1, 0.15) is 5.69 Å². The zero-order valence-corrected chi connectivity index (χ0v) is 9.98. The van der Waals surface area contributed by atoms with Crippen molar-refractivity contribution >= 4 is 5.97 Å². The van der Waals surface area contributed by atoms with Gasteiger partial charge >= 0.3 is 5.97 Å². The molecule has 2 heterocycles. The van der Waals surface area contributed by atoms with Crippen LogP contribution in [0.1, 0.15) is 17.4 Å². The van der Waals surface area contributed by atoms with E-state index >= 15 is 0 Å². The zero-order chi connectivity index (χ0) is 13.3. The quantitative estimate of drug-likeness (QED) is 0.776. The van der Waals surface area contributed by atoms with Crippen molar-refractivity contribution in [3.05, 3.63) is 18.1 Å². The Morgan fingerprint density at radius 1 is 1.56 bits per heavy atom. The van der Waals surface area contributed by atoms with Crippen LogP contribution in [0.15, 0.2) is 12.4 Å². The fraction of sp³-hybridized carbons (Fsp3) is 0.400. The van der Waals surface area contributed by atoms with E-state index < -0.39 is 12.1 Å². The van der Waals surface area contributed by atoms with Crippen LogP contribution in [-0.4, -0.2) is 46.8 Å². The number of rotatable bonds is 4. The fourth-order valence-corrected chi connectivity index (χ4v) is 1.65. The SMILES string of the molecule is CC(O)Cn1nnc(C(=O)O)c1-c1nccn1C. The average molecular weight is 251 g/mol. The van der Waals surface area contributed by atoms with Crippen molar-refractivity contribution in [1.82, 2.24) is 24.5 Å². The van der Waals surface area contributed by atoms with E-state index in [1.807, 2.05) is 0 Å². The number of imidazole rings is 1. The Balaban J connectivity index is 2.57. The topological polar surface area (TPSA) is 106 Å². The number of aromatic nitrogens is 5. The first-order valence-corrected chi connectivity index (χ1v) is 5.33. The molecule has 8 nitrogen and oxygen atoms in total. The van der Waals surface area contributed by atoms with E-state index in [0.717, 1.165) is 0 Å². The molecule has 0 fully saturated rings. The van der Waals surface area contributed by atoms with E-state index in [0.29, 0.717) is 5.82 Å². The van der Waals surface area contributed by atoms with Gasteiger partial charge < -0.3 is 14.8 Å². The number of hydrogen-bond acceptors (Lipinski definition) is 5. The van der Waals surface area contributed by atoms with Gasteiger partial charge in [-0.1, -0.05) is 5.21 Å². The molecule has 0 spiro atoms. The van der Waals surface area contributed by atoms with Crippen LogP contribution in [0.2, 0.25) is 0 Å². The number of aliphatic hydroxyl groups excluding tert-OH is 1. The monoisotopic (exact) mass is 251 g/mol. The minimum absolute atomic E-state index is 0.155. The second-order valence-corrected chi connectivity index (χ2v) is 3.98. The van der Waals surface area contributed by atoms with Crippen LogP contribution in [0.3, 0.4) is 0 Å². The van der Waals surface area contributed by atoms with Crippen molar-refractivity contribution in [1.29, 1.82) is 0 Å². The summed E-state index contributed by atoms with van der Waals surface area (Å²) in [6, 6.07) is 0. The molecule has 2 N–H and O–H groups in total. The third-order valence-electron chi connectivity index (χ3n) is 2.41. The number of aryl methyl sites for hydroxylation is 1. The zero-order valence-electron chi connectivity index (χ0n) is 9.98.